The Hall–Kier alpha value is -3.14. The van der Waals surface area contributed by atoms with Gasteiger partial charge in [-0.1, -0.05) is 42.5 Å². The minimum atomic E-state index is -0.344. The zero-order chi connectivity index (χ0) is 19.0. The molecule has 3 aromatic rings. The molecule has 1 fully saturated rings. The molecule has 0 aromatic heterocycles. The minimum absolute atomic E-state index is 0.00219. The van der Waals surface area contributed by atoms with Crippen molar-refractivity contribution in [2.24, 2.45) is 5.92 Å². The molecular weight excluding hydrogens is 336 g/mol. The molecule has 0 aliphatic carbocycles. The lowest BCUT2D eigenvalue weighted by Gasteiger charge is -2.19. The van der Waals surface area contributed by atoms with E-state index in [1.807, 2.05) is 74.5 Å². The number of carbonyl (C=O) groups is 2. The summed E-state index contributed by atoms with van der Waals surface area (Å²) in [5.74, 6) is -0.447. The summed E-state index contributed by atoms with van der Waals surface area (Å²) in [4.78, 5) is 27.0. The third-order valence-corrected chi connectivity index (χ3v) is 5.17. The van der Waals surface area contributed by atoms with Crippen molar-refractivity contribution >= 4 is 34.0 Å². The van der Waals surface area contributed by atoms with E-state index in [0.29, 0.717) is 6.54 Å². The second-order valence-corrected chi connectivity index (χ2v) is 7.25. The number of nitrogens with zero attached hydrogens (tertiary/aromatic N) is 1. The monoisotopic (exact) mass is 358 g/mol. The molecule has 136 valence electrons. The van der Waals surface area contributed by atoms with Gasteiger partial charge in [-0.05, 0) is 53.9 Å². The number of nitrogens with one attached hydrogen (secondary N) is 1. The van der Waals surface area contributed by atoms with Crippen LogP contribution >= 0.6 is 0 Å². The Kier molecular flexibility index (Phi) is 4.40. The average molecular weight is 358 g/mol. The Labute approximate surface area is 158 Å². The van der Waals surface area contributed by atoms with E-state index in [0.717, 1.165) is 33.3 Å². The van der Waals surface area contributed by atoms with Crippen LogP contribution in [0.15, 0.2) is 60.7 Å². The van der Waals surface area contributed by atoms with Crippen LogP contribution in [0.4, 0.5) is 11.4 Å². The Morgan fingerprint density at radius 1 is 1.00 bits per heavy atom. The highest BCUT2D eigenvalue weighted by Crippen LogP contribution is 2.29. The van der Waals surface area contributed by atoms with E-state index in [2.05, 4.69) is 5.32 Å². The fourth-order valence-corrected chi connectivity index (χ4v) is 3.64. The molecule has 2 amide bonds. The summed E-state index contributed by atoms with van der Waals surface area (Å²) in [6, 6.07) is 19.9. The summed E-state index contributed by atoms with van der Waals surface area (Å²) in [6.07, 6.45) is 0.243. The van der Waals surface area contributed by atoms with Gasteiger partial charge in [0.25, 0.3) is 0 Å². The minimum Gasteiger partial charge on any atom is -0.326 e. The number of rotatable bonds is 3. The highest BCUT2D eigenvalue weighted by molar-refractivity contribution is 6.04. The van der Waals surface area contributed by atoms with Crippen LogP contribution in [-0.2, 0) is 9.59 Å². The van der Waals surface area contributed by atoms with Crippen molar-refractivity contribution in [2.75, 3.05) is 16.8 Å². The maximum atomic E-state index is 12.7. The smallest absolute Gasteiger partial charge is 0.229 e. The Morgan fingerprint density at radius 3 is 2.59 bits per heavy atom. The maximum Gasteiger partial charge on any atom is 0.229 e. The van der Waals surface area contributed by atoms with Crippen molar-refractivity contribution in [3.63, 3.8) is 0 Å². The standard InChI is InChI=1S/C23H22N2O2/c1-15-7-8-16(2)21(11-15)25-14-19(13-22(25)26)23(27)24-20-10-9-17-5-3-4-6-18(17)12-20/h3-12,19H,13-14H2,1-2H3,(H,24,27). The van der Waals surface area contributed by atoms with Crippen molar-refractivity contribution in [1.82, 2.24) is 0 Å². The topological polar surface area (TPSA) is 49.4 Å². The summed E-state index contributed by atoms with van der Waals surface area (Å²) >= 11 is 0. The molecule has 0 spiro atoms. The van der Waals surface area contributed by atoms with Gasteiger partial charge in [0.15, 0.2) is 0 Å². The fourth-order valence-electron chi connectivity index (χ4n) is 3.64. The summed E-state index contributed by atoms with van der Waals surface area (Å²) in [6.45, 7) is 4.42. The molecule has 1 atom stereocenters. The first-order valence-electron chi connectivity index (χ1n) is 9.18. The van der Waals surface area contributed by atoms with Gasteiger partial charge < -0.3 is 10.2 Å². The van der Waals surface area contributed by atoms with E-state index in [1.54, 1.807) is 4.90 Å². The predicted octanol–water partition coefficient (Wildman–Crippen LogP) is 4.45. The zero-order valence-electron chi connectivity index (χ0n) is 15.5. The Bertz CT molecular complexity index is 1040. The number of aryl methyl sites for hydroxylation is 2. The summed E-state index contributed by atoms with van der Waals surface area (Å²) in [7, 11) is 0. The van der Waals surface area contributed by atoms with Crippen LogP contribution in [0, 0.1) is 19.8 Å². The highest BCUT2D eigenvalue weighted by Gasteiger charge is 2.35. The van der Waals surface area contributed by atoms with Crippen LogP contribution < -0.4 is 10.2 Å². The molecule has 27 heavy (non-hydrogen) atoms. The van der Waals surface area contributed by atoms with E-state index in [4.69, 9.17) is 0 Å². The first kappa shape index (κ1) is 17.3. The van der Waals surface area contributed by atoms with Gasteiger partial charge in [-0.3, -0.25) is 9.59 Å². The normalized spacial score (nSPS) is 16.7. The largest absolute Gasteiger partial charge is 0.326 e. The van der Waals surface area contributed by atoms with Crippen molar-refractivity contribution in [3.8, 4) is 0 Å². The van der Waals surface area contributed by atoms with Crippen LogP contribution in [0.25, 0.3) is 10.8 Å². The number of anilines is 2. The van der Waals surface area contributed by atoms with Crippen LogP contribution in [0.5, 0.6) is 0 Å². The highest BCUT2D eigenvalue weighted by atomic mass is 16.2. The van der Waals surface area contributed by atoms with E-state index < -0.39 is 0 Å². The van der Waals surface area contributed by atoms with Gasteiger partial charge >= 0.3 is 0 Å². The molecular formula is C23H22N2O2. The number of carbonyl (C=O) groups excluding carboxylic acids is 2. The van der Waals surface area contributed by atoms with E-state index >= 15 is 0 Å². The molecule has 1 aliphatic rings. The van der Waals surface area contributed by atoms with E-state index in [1.165, 1.54) is 0 Å². The first-order chi connectivity index (χ1) is 13.0. The lowest BCUT2D eigenvalue weighted by Crippen LogP contribution is -2.28. The third kappa shape index (κ3) is 3.43. The van der Waals surface area contributed by atoms with Gasteiger partial charge in [0.2, 0.25) is 11.8 Å². The average Bonchev–Trinajstić information content (AvgIpc) is 3.05. The van der Waals surface area contributed by atoms with Crippen LogP contribution in [-0.4, -0.2) is 18.4 Å². The molecule has 0 radical (unpaired) electrons. The molecule has 3 aromatic carbocycles. The zero-order valence-corrected chi connectivity index (χ0v) is 15.5. The Balaban J connectivity index is 1.51. The van der Waals surface area contributed by atoms with Crippen LogP contribution in [0.2, 0.25) is 0 Å². The number of benzene rings is 3. The summed E-state index contributed by atoms with van der Waals surface area (Å²) < 4.78 is 0. The molecule has 1 unspecified atom stereocenters. The summed E-state index contributed by atoms with van der Waals surface area (Å²) in [5.41, 5.74) is 3.81. The van der Waals surface area contributed by atoms with Crippen molar-refractivity contribution < 1.29 is 9.59 Å². The number of hydrogen-bond acceptors (Lipinski definition) is 2. The van der Waals surface area contributed by atoms with Crippen molar-refractivity contribution in [1.29, 1.82) is 0 Å². The maximum absolute atomic E-state index is 12.7. The molecule has 4 heteroatoms. The molecule has 0 bridgehead atoms. The molecule has 1 saturated heterocycles. The predicted molar refractivity (Wildman–Crippen MR) is 109 cm³/mol. The van der Waals surface area contributed by atoms with E-state index in [-0.39, 0.29) is 24.2 Å². The van der Waals surface area contributed by atoms with Gasteiger partial charge in [0, 0.05) is 24.3 Å². The van der Waals surface area contributed by atoms with Gasteiger partial charge in [0.1, 0.15) is 0 Å². The molecule has 4 nitrogen and oxygen atoms in total. The SMILES string of the molecule is Cc1ccc(C)c(N2CC(C(=O)Nc3ccc4ccccc4c3)CC2=O)c1. The van der Waals surface area contributed by atoms with Gasteiger partial charge in [-0.25, -0.2) is 0 Å². The number of hydrogen-bond donors (Lipinski definition) is 1. The van der Waals surface area contributed by atoms with Gasteiger partial charge in [-0.15, -0.1) is 0 Å². The lowest BCUT2D eigenvalue weighted by molar-refractivity contribution is -0.122. The van der Waals surface area contributed by atoms with Crippen LogP contribution in [0.3, 0.4) is 0 Å². The van der Waals surface area contributed by atoms with Crippen molar-refractivity contribution in [3.05, 3.63) is 71.8 Å². The third-order valence-electron chi connectivity index (χ3n) is 5.17. The quantitative estimate of drug-likeness (QED) is 0.752. The number of fused-ring (bicyclic) bond motifs is 1. The van der Waals surface area contributed by atoms with Crippen molar-refractivity contribution in [2.45, 2.75) is 20.3 Å². The molecule has 1 heterocycles. The van der Waals surface area contributed by atoms with Gasteiger partial charge in [0.05, 0.1) is 5.92 Å². The second kappa shape index (κ2) is 6.88. The van der Waals surface area contributed by atoms with Crippen LogP contribution in [0.1, 0.15) is 17.5 Å². The Morgan fingerprint density at radius 2 is 1.78 bits per heavy atom. The molecule has 1 N–H and O–H groups in total. The fraction of sp³-hybridized carbons (Fsp3) is 0.217. The first-order valence-corrected chi connectivity index (χ1v) is 9.18. The second-order valence-electron chi connectivity index (χ2n) is 7.25. The van der Waals surface area contributed by atoms with Gasteiger partial charge in [-0.2, -0.15) is 0 Å². The van der Waals surface area contributed by atoms with E-state index in [9.17, 15) is 9.59 Å². The molecule has 4 rings (SSSR count). The lowest BCUT2D eigenvalue weighted by atomic mass is 10.1. The molecule has 1 aliphatic heterocycles. The summed E-state index contributed by atoms with van der Waals surface area (Å²) in [5, 5.41) is 5.19. The number of amides is 2. The molecule has 0 saturated carbocycles.